The molecule has 0 bridgehead atoms. The van der Waals surface area contributed by atoms with Crippen LogP contribution in [0.4, 0.5) is 0 Å². The Bertz CT molecular complexity index is 943. The molecule has 6 heteroatoms. The van der Waals surface area contributed by atoms with E-state index in [2.05, 4.69) is 17.4 Å². The Balaban J connectivity index is 1.65. The molecule has 3 rings (SSSR count). The molecule has 0 aliphatic rings. The van der Waals surface area contributed by atoms with E-state index in [1.165, 1.54) is 16.9 Å². The first-order valence-corrected chi connectivity index (χ1v) is 10.4. The summed E-state index contributed by atoms with van der Waals surface area (Å²) in [6.45, 7) is 5.73. The normalized spacial score (nSPS) is 12.3. The summed E-state index contributed by atoms with van der Waals surface area (Å²) in [6.07, 6.45) is 1.56. The van der Waals surface area contributed by atoms with Crippen molar-refractivity contribution in [2.24, 2.45) is 0 Å². The minimum absolute atomic E-state index is 0.0492. The van der Waals surface area contributed by atoms with Crippen LogP contribution in [0.2, 0.25) is 0 Å². The summed E-state index contributed by atoms with van der Waals surface area (Å²) in [5, 5.41) is 5.95. The number of ether oxygens (including phenoxy) is 1. The molecule has 1 amide bonds. The summed E-state index contributed by atoms with van der Waals surface area (Å²) in [5.74, 6) is -0.506. The number of amides is 1. The molecule has 148 valence electrons. The van der Waals surface area contributed by atoms with Gasteiger partial charge in [0, 0.05) is 11.4 Å². The lowest BCUT2D eigenvalue weighted by molar-refractivity contribution is -0.122. The van der Waals surface area contributed by atoms with Gasteiger partial charge in [0.15, 0.2) is 0 Å². The van der Waals surface area contributed by atoms with E-state index in [4.69, 9.17) is 4.74 Å². The second-order valence-corrected chi connectivity index (χ2v) is 8.14. The number of hydrogen-bond acceptors (Lipinski definition) is 4. The Morgan fingerprint density at radius 1 is 1.14 bits per heavy atom. The number of fused-ring (bicyclic) bond motifs is 1. The average Bonchev–Trinajstić information content (AvgIpc) is 3.23. The standard InChI is InChI=1S/C22H26N2O3S/c1-15(2)27-22(26)19-13-18-11-12-28-21(18)24(19)14-20(25)23-16(3)9-10-17-7-5-4-6-8-17/h4-8,11-13,15-16H,9-10,14H2,1-3H3,(H,23,25)/t16-/m1/s1. The third-order valence-electron chi connectivity index (χ3n) is 4.47. The number of carbonyl (C=O) groups is 2. The van der Waals surface area contributed by atoms with Crippen LogP contribution < -0.4 is 5.32 Å². The van der Waals surface area contributed by atoms with Gasteiger partial charge >= 0.3 is 5.97 Å². The monoisotopic (exact) mass is 398 g/mol. The zero-order chi connectivity index (χ0) is 20.1. The summed E-state index contributed by atoms with van der Waals surface area (Å²) in [7, 11) is 0. The zero-order valence-electron chi connectivity index (χ0n) is 16.5. The van der Waals surface area contributed by atoms with Gasteiger partial charge in [0.1, 0.15) is 17.1 Å². The minimum Gasteiger partial charge on any atom is -0.458 e. The largest absolute Gasteiger partial charge is 0.458 e. The highest BCUT2D eigenvalue weighted by Crippen LogP contribution is 2.26. The molecule has 5 nitrogen and oxygen atoms in total. The van der Waals surface area contributed by atoms with E-state index in [1.54, 1.807) is 10.6 Å². The number of hydrogen-bond donors (Lipinski definition) is 1. The summed E-state index contributed by atoms with van der Waals surface area (Å²) in [6, 6.07) is 14.0. The maximum absolute atomic E-state index is 12.6. The highest BCUT2D eigenvalue weighted by molar-refractivity contribution is 7.16. The highest BCUT2D eigenvalue weighted by atomic mass is 32.1. The van der Waals surface area contributed by atoms with Crippen LogP contribution in [0, 0.1) is 0 Å². The summed E-state index contributed by atoms with van der Waals surface area (Å²) in [4.78, 5) is 26.0. The number of nitrogens with zero attached hydrogens (tertiary/aromatic N) is 1. The van der Waals surface area contributed by atoms with Crippen molar-refractivity contribution in [1.82, 2.24) is 9.88 Å². The summed E-state index contributed by atoms with van der Waals surface area (Å²) >= 11 is 1.51. The molecule has 0 aliphatic heterocycles. The third kappa shape index (κ3) is 5.01. The minimum atomic E-state index is -0.400. The number of esters is 1. The molecule has 2 heterocycles. The number of carbonyl (C=O) groups excluding carboxylic acids is 2. The van der Waals surface area contributed by atoms with E-state index in [0.29, 0.717) is 5.69 Å². The topological polar surface area (TPSA) is 60.3 Å². The Morgan fingerprint density at radius 2 is 1.89 bits per heavy atom. The first-order chi connectivity index (χ1) is 13.4. The molecule has 0 aliphatic carbocycles. The van der Waals surface area contributed by atoms with Crippen LogP contribution >= 0.6 is 11.3 Å². The first kappa shape index (κ1) is 20.1. The quantitative estimate of drug-likeness (QED) is 0.572. The molecule has 0 radical (unpaired) electrons. The van der Waals surface area contributed by atoms with Crippen molar-refractivity contribution in [3.05, 3.63) is 59.1 Å². The average molecular weight is 399 g/mol. The van der Waals surface area contributed by atoms with Gasteiger partial charge in [0.05, 0.1) is 6.10 Å². The molecule has 1 aromatic carbocycles. The first-order valence-electron chi connectivity index (χ1n) is 9.55. The highest BCUT2D eigenvalue weighted by Gasteiger charge is 2.21. The Hall–Kier alpha value is -2.60. The molecule has 2 aromatic heterocycles. The predicted molar refractivity (Wildman–Crippen MR) is 113 cm³/mol. The molecule has 1 atom stereocenters. The fraction of sp³-hybridized carbons (Fsp3) is 0.364. The van der Waals surface area contributed by atoms with Crippen molar-refractivity contribution in [1.29, 1.82) is 0 Å². The van der Waals surface area contributed by atoms with Crippen molar-refractivity contribution in [3.63, 3.8) is 0 Å². The Kier molecular flexibility index (Phi) is 6.52. The van der Waals surface area contributed by atoms with Gasteiger partial charge in [-0.1, -0.05) is 30.3 Å². The van der Waals surface area contributed by atoms with Crippen LogP contribution in [0.1, 0.15) is 43.2 Å². The molecular weight excluding hydrogens is 372 g/mol. The molecule has 28 heavy (non-hydrogen) atoms. The van der Waals surface area contributed by atoms with E-state index >= 15 is 0 Å². The zero-order valence-corrected chi connectivity index (χ0v) is 17.3. The Morgan fingerprint density at radius 3 is 2.61 bits per heavy atom. The van der Waals surface area contributed by atoms with E-state index < -0.39 is 5.97 Å². The SMILES string of the molecule is CC(C)OC(=O)c1cc2ccsc2n1CC(=O)N[C@H](C)CCc1ccccc1. The van der Waals surface area contributed by atoms with Crippen LogP contribution in [-0.4, -0.2) is 28.6 Å². The fourth-order valence-corrected chi connectivity index (χ4v) is 4.04. The van der Waals surface area contributed by atoms with Crippen molar-refractivity contribution in [3.8, 4) is 0 Å². The van der Waals surface area contributed by atoms with Gasteiger partial charge in [-0.2, -0.15) is 0 Å². The van der Waals surface area contributed by atoms with Crippen LogP contribution in [-0.2, 0) is 22.5 Å². The van der Waals surface area contributed by atoms with E-state index in [0.717, 1.165) is 23.1 Å². The molecule has 0 spiro atoms. The number of thiophene rings is 1. The van der Waals surface area contributed by atoms with E-state index in [1.807, 2.05) is 50.4 Å². The predicted octanol–water partition coefficient (Wildman–Crippen LogP) is 4.41. The van der Waals surface area contributed by atoms with Gasteiger partial charge in [0.25, 0.3) is 0 Å². The van der Waals surface area contributed by atoms with Crippen LogP contribution in [0.15, 0.2) is 47.8 Å². The maximum atomic E-state index is 12.6. The Labute approximate surface area is 169 Å². The van der Waals surface area contributed by atoms with Crippen molar-refractivity contribution < 1.29 is 14.3 Å². The van der Waals surface area contributed by atoms with Crippen LogP contribution in [0.5, 0.6) is 0 Å². The van der Waals surface area contributed by atoms with Gasteiger partial charge in [-0.25, -0.2) is 4.79 Å². The lowest BCUT2D eigenvalue weighted by atomic mass is 10.1. The van der Waals surface area contributed by atoms with E-state index in [-0.39, 0.29) is 24.6 Å². The van der Waals surface area contributed by atoms with Gasteiger partial charge in [-0.3, -0.25) is 4.79 Å². The maximum Gasteiger partial charge on any atom is 0.355 e. The van der Waals surface area contributed by atoms with Gasteiger partial charge in [0.2, 0.25) is 5.91 Å². The molecule has 0 saturated carbocycles. The molecular formula is C22H26N2O3S. The molecule has 0 fully saturated rings. The van der Waals surface area contributed by atoms with Crippen molar-refractivity contribution in [2.45, 2.75) is 52.3 Å². The second kappa shape index (κ2) is 9.06. The van der Waals surface area contributed by atoms with Gasteiger partial charge in [-0.15, -0.1) is 11.3 Å². The fourth-order valence-electron chi connectivity index (χ4n) is 3.14. The van der Waals surface area contributed by atoms with E-state index in [9.17, 15) is 9.59 Å². The van der Waals surface area contributed by atoms with Crippen molar-refractivity contribution in [2.75, 3.05) is 0 Å². The van der Waals surface area contributed by atoms with Crippen LogP contribution in [0.25, 0.3) is 10.2 Å². The lowest BCUT2D eigenvalue weighted by Crippen LogP contribution is -2.36. The smallest absolute Gasteiger partial charge is 0.355 e. The number of nitrogens with one attached hydrogen (secondary N) is 1. The summed E-state index contributed by atoms with van der Waals surface area (Å²) < 4.78 is 7.09. The number of benzene rings is 1. The number of rotatable bonds is 8. The molecule has 3 aromatic rings. The van der Waals surface area contributed by atoms with Crippen LogP contribution in [0.3, 0.4) is 0 Å². The van der Waals surface area contributed by atoms with Crippen molar-refractivity contribution >= 4 is 33.4 Å². The molecule has 0 unspecified atom stereocenters. The molecule has 0 saturated heterocycles. The number of aromatic nitrogens is 1. The number of aryl methyl sites for hydroxylation is 1. The van der Waals surface area contributed by atoms with Gasteiger partial charge < -0.3 is 14.6 Å². The summed E-state index contributed by atoms with van der Waals surface area (Å²) in [5.41, 5.74) is 1.68. The second-order valence-electron chi connectivity index (χ2n) is 7.24. The van der Waals surface area contributed by atoms with Gasteiger partial charge in [-0.05, 0) is 56.7 Å². The third-order valence-corrected chi connectivity index (χ3v) is 5.42. The molecule has 1 N–H and O–H groups in total. The lowest BCUT2D eigenvalue weighted by Gasteiger charge is -2.16.